The fourth-order valence-corrected chi connectivity index (χ4v) is 8.97. The van der Waals surface area contributed by atoms with Crippen LogP contribution < -0.4 is 10.2 Å². The van der Waals surface area contributed by atoms with Crippen LogP contribution in [0.3, 0.4) is 0 Å². The van der Waals surface area contributed by atoms with Crippen LogP contribution in [0.15, 0.2) is 17.2 Å². The highest BCUT2D eigenvalue weighted by Gasteiger charge is 2.55. The predicted octanol–water partition coefficient (Wildman–Crippen LogP) is 3.70. The van der Waals surface area contributed by atoms with Crippen LogP contribution in [0.1, 0.15) is 74.6 Å². The predicted molar refractivity (Wildman–Crippen MR) is 130 cm³/mol. The van der Waals surface area contributed by atoms with Crippen LogP contribution in [0.4, 0.5) is 5.82 Å². The summed E-state index contributed by atoms with van der Waals surface area (Å²) in [5.41, 5.74) is 0.135. The van der Waals surface area contributed by atoms with E-state index in [1.165, 1.54) is 12.8 Å². The van der Waals surface area contributed by atoms with Gasteiger partial charge in [-0.1, -0.05) is 12.8 Å². The van der Waals surface area contributed by atoms with Gasteiger partial charge in [-0.3, -0.25) is 9.59 Å². The Morgan fingerprint density at radius 3 is 2.47 bits per heavy atom. The second-order valence-electron chi connectivity index (χ2n) is 11.5. The zero-order valence-electron chi connectivity index (χ0n) is 19.6. The van der Waals surface area contributed by atoms with E-state index in [-0.39, 0.29) is 17.9 Å². The maximum absolute atomic E-state index is 13.6. The Balaban J connectivity index is 1.22. The summed E-state index contributed by atoms with van der Waals surface area (Å²) in [7, 11) is 0. The minimum atomic E-state index is -0.751. The third-order valence-corrected chi connectivity index (χ3v) is 10.4. The number of carbonyl (C=O) groups is 2. The van der Waals surface area contributed by atoms with E-state index in [9.17, 15) is 19.8 Å². The van der Waals surface area contributed by atoms with Gasteiger partial charge in [0.1, 0.15) is 10.8 Å². The van der Waals surface area contributed by atoms with Gasteiger partial charge in [-0.15, -0.1) is 11.8 Å². The Hall–Kier alpha value is -1.80. The van der Waals surface area contributed by atoms with E-state index in [1.54, 1.807) is 11.8 Å². The van der Waals surface area contributed by atoms with Crippen molar-refractivity contribution in [2.75, 3.05) is 18.0 Å². The van der Waals surface area contributed by atoms with Gasteiger partial charge in [-0.05, 0) is 81.3 Å². The van der Waals surface area contributed by atoms with Crippen molar-refractivity contribution in [2.45, 2.75) is 86.1 Å². The van der Waals surface area contributed by atoms with Crippen molar-refractivity contribution >= 4 is 29.5 Å². The number of carboxylic acids is 1. The quantitative estimate of drug-likeness (QED) is 0.565. The number of aliphatic hydroxyl groups is 1. The van der Waals surface area contributed by atoms with Crippen molar-refractivity contribution in [1.29, 1.82) is 0 Å². The van der Waals surface area contributed by atoms with Crippen molar-refractivity contribution in [3.63, 3.8) is 0 Å². The van der Waals surface area contributed by atoms with Gasteiger partial charge in [0.25, 0.3) is 5.91 Å². The van der Waals surface area contributed by atoms with Crippen LogP contribution in [0.2, 0.25) is 0 Å². The average molecular weight is 486 g/mol. The number of aliphatic carboxylic acids is 1. The average Bonchev–Trinajstić information content (AvgIpc) is 3.47. The lowest BCUT2D eigenvalue weighted by molar-refractivity contribution is -0.141. The highest BCUT2D eigenvalue weighted by molar-refractivity contribution is 7.99. The number of carboxylic acid groups (broad SMARTS) is 1. The largest absolute Gasteiger partial charge is 0.481 e. The lowest BCUT2D eigenvalue weighted by Gasteiger charge is -2.58. The van der Waals surface area contributed by atoms with Crippen LogP contribution in [-0.2, 0) is 4.79 Å². The number of nitrogens with zero attached hydrogens (tertiary/aromatic N) is 2. The van der Waals surface area contributed by atoms with Crippen LogP contribution in [0.5, 0.6) is 0 Å². The molecule has 3 atom stereocenters. The van der Waals surface area contributed by atoms with E-state index in [1.807, 2.05) is 17.0 Å². The van der Waals surface area contributed by atoms with Crippen molar-refractivity contribution in [2.24, 2.45) is 23.7 Å². The van der Waals surface area contributed by atoms with Gasteiger partial charge < -0.3 is 20.4 Å². The molecule has 7 rings (SSSR count). The van der Waals surface area contributed by atoms with E-state index in [4.69, 9.17) is 4.98 Å². The smallest absolute Gasteiger partial charge is 0.308 e. The molecule has 1 amide bonds. The fourth-order valence-electron chi connectivity index (χ4n) is 7.65. The van der Waals surface area contributed by atoms with Gasteiger partial charge in [0.15, 0.2) is 0 Å². The van der Waals surface area contributed by atoms with E-state index >= 15 is 0 Å². The maximum atomic E-state index is 13.6. The lowest BCUT2D eigenvalue weighted by Crippen LogP contribution is -2.61. The number of nitrogens with one attached hydrogen (secondary N) is 1. The maximum Gasteiger partial charge on any atom is 0.308 e. The number of thioether (sulfide) groups is 1. The van der Waals surface area contributed by atoms with E-state index < -0.39 is 11.6 Å². The van der Waals surface area contributed by atoms with E-state index in [2.05, 4.69) is 5.32 Å². The monoisotopic (exact) mass is 485 g/mol. The van der Waals surface area contributed by atoms with E-state index in [0.717, 1.165) is 55.8 Å². The highest BCUT2D eigenvalue weighted by atomic mass is 32.2. The zero-order valence-corrected chi connectivity index (χ0v) is 20.4. The summed E-state index contributed by atoms with van der Waals surface area (Å²) in [6, 6.07) is 3.92. The summed E-state index contributed by atoms with van der Waals surface area (Å²) in [6.45, 7) is 1.15. The summed E-state index contributed by atoms with van der Waals surface area (Å²) in [4.78, 5) is 31.9. The third kappa shape index (κ3) is 4.21. The standard InChI is InChI=1S/C26H35N3O4S/c30-23(28-22-17-9-15-10-18(22)13-26(33,11-15)12-17)20-5-6-21(29-8-7-16(14-29)25(31)32)27-24(20)34-19-3-1-2-4-19/h5-6,15-19,22,33H,1-4,7-14H2,(H,28,30)(H,31,32)/t15?,16?,17-,18-,22?,26?/m1/s1. The lowest BCUT2D eigenvalue weighted by atomic mass is 9.52. The van der Waals surface area contributed by atoms with Gasteiger partial charge in [0.05, 0.1) is 17.1 Å². The summed E-state index contributed by atoms with van der Waals surface area (Å²) in [6.07, 6.45) is 10.2. The molecule has 5 aliphatic carbocycles. The molecule has 5 saturated carbocycles. The third-order valence-electron chi connectivity index (χ3n) is 9.07. The molecular weight excluding hydrogens is 450 g/mol. The molecule has 1 aliphatic heterocycles. The topological polar surface area (TPSA) is 103 Å². The van der Waals surface area contributed by atoms with Crippen LogP contribution in [0.25, 0.3) is 0 Å². The van der Waals surface area contributed by atoms with Crippen molar-refractivity contribution in [1.82, 2.24) is 10.3 Å². The van der Waals surface area contributed by atoms with E-state index in [0.29, 0.717) is 48.1 Å². The fraction of sp³-hybridized carbons (Fsp3) is 0.731. The first-order valence-electron chi connectivity index (χ1n) is 13.1. The van der Waals surface area contributed by atoms with Crippen molar-refractivity contribution in [3.8, 4) is 0 Å². The first-order valence-corrected chi connectivity index (χ1v) is 13.9. The van der Waals surface area contributed by atoms with Gasteiger partial charge in [0.2, 0.25) is 0 Å². The molecule has 3 N–H and O–H groups in total. The molecule has 0 spiro atoms. The second-order valence-corrected chi connectivity index (χ2v) is 12.8. The molecule has 0 radical (unpaired) electrons. The summed E-state index contributed by atoms with van der Waals surface area (Å²) in [5.74, 6) is 0.973. The van der Waals surface area contributed by atoms with Gasteiger partial charge >= 0.3 is 5.97 Å². The molecule has 6 aliphatic rings. The van der Waals surface area contributed by atoms with Crippen molar-refractivity contribution in [3.05, 3.63) is 17.7 Å². The summed E-state index contributed by atoms with van der Waals surface area (Å²) >= 11 is 1.72. The van der Waals surface area contributed by atoms with Crippen LogP contribution in [0, 0.1) is 23.7 Å². The number of carbonyl (C=O) groups excluding carboxylic acids is 1. The molecule has 1 saturated heterocycles. The number of hydrogen-bond donors (Lipinski definition) is 3. The van der Waals surface area contributed by atoms with Gasteiger partial charge in [-0.25, -0.2) is 4.98 Å². The number of aromatic nitrogens is 1. The van der Waals surface area contributed by atoms with Gasteiger partial charge in [-0.2, -0.15) is 0 Å². The molecule has 1 unspecified atom stereocenters. The highest BCUT2D eigenvalue weighted by Crippen LogP contribution is 2.55. The number of rotatable bonds is 6. The molecule has 1 aromatic rings. The SMILES string of the molecule is O=C(NC1[C@@H]2CC3C[C@@H]1CC(O)(C3)C2)c1ccc(N2CCC(C(=O)O)C2)nc1SC1CCCC1. The summed E-state index contributed by atoms with van der Waals surface area (Å²) in [5, 5.41) is 24.9. The number of pyridine rings is 1. The Morgan fingerprint density at radius 1 is 1.09 bits per heavy atom. The Bertz CT molecular complexity index is 965. The molecule has 2 heterocycles. The van der Waals surface area contributed by atoms with Crippen LogP contribution in [-0.4, -0.2) is 57.1 Å². The Morgan fingerprint density at radius 2 is 1.82 bits per heavy atom. The molecule has 1 aromatic heterocycles. The van der Waals surface area contributed by atoms with Gasteiger partial charge in [0, 0.05) is 24.4 Å². The normalized spacial score (nSPS) is 36.9. The molecule has 8 heteroatoms. The molecule has 0 aromatic carbocycles. The van der Waals surface area contributed by atoms with Crippen LogP contribution >= 0.6 is 11.8 Å². The summed E-state index contributed by atoms with van der Waals surface area (Å²) < 4.78 is 0. The first kappa shape index (κ1) is 22.7. The molecule has 6 fully saturated rings. The Kier molecular flexibility index (Phi) is 5.79. The molecule has 4 bridgehead atoms. The Labute approximate surface area is 205 Å². The number of amides is 1. The molecule has 184 valence electrons. The first-order chi connectivity index (χ1) is 16.4. The minimum absolute atomic E-state index is 0.0474. The molecule has 7 nitrogen and oxygen atoms in total. The second kappa shape index (κ2) is 8.70. The van der Waals surface area contributed by atoms with Crippen molar-refractivity contribution < 1.29 is 19.8 Å². The number of anilines is 1. The molecule has 34 heavy (non-hydrogen) atoms. The minimum Gasteiger partial charge on any atom is -0.481 e. The number of hydrogen-bond acceptors (Lipinski definition) is 6. The zero-order chi connectivity index (χ0) is 23.4. The molecular formula is C26H35N3O4S.